The molecule has 0 bridgehead atoms. The Bertz CT molecular complexity index is 439. The van der Waals surface area contributed by atoms with Gasteiger partial charge in [-0.2, -0.15) is 0 Å². The summed E-state index contributed by atoms with van der Waals surface area (Å²) in [7, 11) is 0. The minimum Gasteiger partial charge on any atom is -0.494 e. The summed E-state index contributed by atoms with van der Waals surface area (Å²) < 4.78 is 5.81. The van der Waals surface area contributed by atoms with Crippen molar-refractivity contribution in [1.82, 2.24) is 4.90 Å². The molecule has 0 saturated carbocycles. The first kappa shape index (κ1) is 17.3. The van der Waals surface area contributed by atoms with Crippen molar-refractivity contribution >= 4 is 0 Å². The molecule has 0 amide bonds. The van der Waals surface area contributed by atoms with Gasteiger partial charge in [-0.15, -0.1) is 0 Å². The fraction of sp³-hybridized carbons (Fsp3) is 0.684. The number of benzene rings is 1. The van der Waals surface area contributed by atoms with E-state index in [1.807, 2.05) is 24.3 Å². The number of ether oxygens (including phenoxy) is 1. The van der Waals surface area contributed by atoms with Gasteiger partial charge in [0.2, 0.25) is 0 Å². The first-order valence-electron chi connectivity index (χ1n) is 8.52. The van der Waals surface area contributed by atoms with Gasteiger partial charge in [-0.1, -0.05) is 26.0 Å². The average Bonchev–Trinajstić information content (AvgIpc) is 2.42. The predicted molar refractivity (Wildman–Crippen MR) is 91.2 cm³/mol. The van der Waals surface area contributed by atoms with E-state index >= 15 is 0 Å². The second-order valence-electron chi connectivity index (χ2n) is 7.49. The van der Waals surface area contributed by atoms with Gasteiger partial charge in [-0.3, -0.25) is 0 Å². The molecule has 1 saturated heterocycles. The molecule has 0 spiro atoms. The van der Waals surface area contributed by atoms with Crippen LogP contribution in [-0.4, -0.2) is 36.2 Å². The van der Waals surface area contributed by atoms with Crippen LogP contribution < -0.4 is 4.74 Å². The quantitative estimate of drug-likeness (QED) is 0.814. The normalized spacial score (nSPS) is 23.5. The van der Waals surface area contributed by atoms with E-state index in [0.717, 1.165) is 42.7 Å². The molecule has 0 aliphatic carbocycles. The Labute approximate surface area is 135 Å². The molecule has 2 unspecified atom stereocenters. The number of nitrogens with zero attached hydrogens (tertiary/aromatic N) is 1. The predicted octanol–water partition coefficient (Wildman–Crippen LogP) is 3.66. The first-order valence-corrected chi connectivity index (χ1v) is 8.52. The van der Waals surface area contributed by atoms with Crippen LogP contribution in [0.25, 0.3) is 0 Å². The SMILES string of the molecule is CC1CC(C)CN(CCCOc2ccc(C(C)(C)O)cc2)C1. The molecule has 1 aliphatic heterocycles. The largest absolute Gasteiger partial charge is 0.494 e. The number of piperidine rings is 1. The third-order valence-electron chi connectivity index (χ3n) is 4.39. The van der Waals surface area contributed by atoms with Crippen LogP contribution in [-0.2, 0) is 5.60 Å². The second-order valence-corrected chi connectivity index (χ2v) is 7.49. The van der Waals surface area contributed by atoms with Crippen molar-refractivity contribution in [2.24, 2.45) is 11.8 Å². The van der Waals surface area contributed by atoms with Crippen molar-refractivity contribution in [3.63, 3.8) is 0 Å². The smallest absolute Gasteiger partial charge is 0.119 e. The highest BCUT2D eigenvalue weighted by atomic mass is 16.5. The maximum Gasteiger partial charge on any atom is 0.119 e. The van der Waals surface area contributed by atoms with Gasteiger partial charge in [0.25, 0.3) is 0 Å². The Balaban J connectivity index is 1.70. The van der Waals surface area contributed by atoms with Crippen molar-refractivity contribution in [2.45, 2.75) is 46.1 Å². The summed E-state index contributed by atoms with van der Waals surface area (Å²) in [6.07, 6.45) is 2.42. The van der Waals surface area contributed by atoms with Crippen molar-refractivity contribution in [1.29, 1.82) is 0 Å². The molecule has 1 aromatic carbocycles. The van der Waals surface area contributed by atoms with E-state index in [-0.39, 0.29) is 0 Å². The molecule has 22 heavy (non-hydrogen) atoms. The maximum absolute atomic E-state index is 9.93. The van der Waals surface area contributed by atoms with Gasteiger partial charge in [0.15, 0.2) is 0 Å². The van der Waals surface area contributed by atoms with Crippen LogP contribution >= 0.6 is 0 Å². The first-order chi connectivity index (χ1) is 10.3. The Kier molecular flexibility index (Phi) is 5.87. The van der Waals surface area contributed by atoms with Gasteiger partial charge in [0, 0.05) is 19.6 Å². The lowest BCUT2D eigenvalue weighted by Gasteiger charge is -2.34. The molecule has 1 aromatic rings. The molecule has 1 fully saturated rings. The monoisotopic (exact) mass is 305 g/mol. The highest BCUT2D eigenvalue weighted by molar-refractivity contribution is 5.30. The van der Waals surface area contributed by atoms with Crippen LogP contribution in [0, 0.1) is 11.8 Å². The van der Waals surface area contributed by atoms with Crippen LogP contribution in [0.5, 0.6) is 5.75 Å². The maximum atomic E-state index is 9.93. The third-order valence-corrected chi connectivity index (χ3v) is 4.39. The van der Waals surface area contributed by atoms with E-state index in [2.05, 4.69) is 18.7 Å². The summed E-state index contributed by atoms with van der Waals surface area (Å²) in [4.78, 5) is 2.57. The summed E-state index contributed by atoms with van der Waals surface area (Å²) in [5.74, 6) is 2.52. The Hall–Kier alpha value is -1.06. The molecule has 2 rings (SSSR count). The molecule has 124 valence electrons. The van der Waals surface area contributed by atoms with Crippen LogP contribution in [0.15, 0.2) is 24.3 Å². The summed E-state index contributed by atoms with van der Waals surface area (Å²) in [5.41, 5.74) is 0.122. The molecule has 3 heteroatoms. The lowest BCUT2D eigenvalue weighted by atomic mass is 9.92. The highest BCUT2D eigenvalue weighted by Gasteiger charge is 2.21. The van der Waals surface area contributed by atoms with Gasteiger partial charge in [0.05, 0.1) is 12.2 Å². The third kappa shape index (κ3) is 5.29. The molecular weight excluding hydrogens is 274 g/mol. The molecular formula is C19H31NO2. The van der Waals surface area contributed by atoms with Gasteiger partial charge >= 0.3 is 0 Å². The van der Waals surface area contributed by atoms with E-state index < -0.39 is 5.60 Å². The van der Waals surface area contributed by atoms with Crippen LogP contribution in [0.2, 0.25) is 0 Å². The van der Waals surface area contributed by atoms with Gasteiger partial charge in [-0.05, 0) is 56.2 Å². The Morgan fingerprint density at radius 3 is 2.27 bits per heavy atom. The molecule has 1 N–H and O–H groups in total. The van der Waals surface area contributed by atoms with E-state index in [0.29, 0.717) is 0 Å². The summed E-state index contributed by atoms with van der Waals surface area (Å²) >= 11 is 0. The lowest BCUT2D eigenvalue weighted by Crippen LogP contribution is -2.39. The number of hydrogen-bond donors (Lipinski definition) is 1. The summed E-state index contributed by atoms with van der Waals surface area (Å²) in [5, 5.41) is 9.93. The standard InChI is InChI=1S/C19H31NO2/c1-15-12-16(2)14-20(13-15)10-5-11-22-18-8-6-17(7-9-18)19(3,4)21/h6-9,15-16,21H,5,10-14H2,1-4H3. The average molecular weight is 305 g/mol. The van der Waals surface area contributed by atoms with Crippen molar-refractivity contribution in [3.8, 4) is 5.75 Å². The number of hydrogen-bond acceptors (Lipinski definition) is 3. The Morgan fingerprint density at radius 2 is 1.73 bits per heavy atom. The lowest BCUT2D eigenvalue weighted by molar-refractivity contribution is 0.0785. The zero-order valence-electron chi connectivity index (χ0n) is 14.5. The van der Waals surface area contributed by atoms with Crippen LogP contribution in [0.3, 0.4) is 0 Å². The number of likely N-dealkylation sites (tertiary alicyclic amines) is 1. The van der Waals surface area contributed by atoms with E-state index in [4.69, 9.17) is 4.74 Å². The summed E-state index contributed by atoms with van der Waals surface area (Å²) in [6, 6.07) is 7.75. The number of rotatable bonds is 6. The minimum atomic E-state index is -0.791. The van der Waals surface area contributed by atoms with Crippen LogP contribution in [0.4, 0.5) is 0 Å². The van der Waals surface area contributed by atoms with Gasteiger partial charge in [0.1, 0.15) is 5.75 Å². The zero-order valence-corrected chi connectivity index (χ0v) is 14.5. The molecule has 1 heterocycles. The molecule has 0 aromatic heterocycles. The van der Waals surface area contributed by atoms with E-state index in [1.165, 1.54) is 19.5 Å². The van der Waals surface area contributed by atoms with E-state index in [1.54, 1.807) is 13.8 Å². The molecule has 0 radical (unpaired) electrons. The highest BCUT2D eigenvalue weighted by Crippen LogP contribution is 2.23. The summed E-state index contributed by atoms with van der Waals surface area (Å²) in [6.45, 7) is 12.6. The minimum absolute atomic E-state index is 0.751. The zero-order chi connectivity index (χ0) is 16.2. The van der Waals surface area contributed by atoms with Gasteiger partial charge in [-0.25, -0.2) is 0 Å². The molecule has 3 nitrogen and oxygen atoms in total. The van der Waals surface area contributed by atoms with Gasteiger partial charge < -0.3 is 14.7 Å². The molecule has 2 atom stereocenters. The van der Waals surface area contributed by atoms with Crippen molar-refractivity contribution in [3.05, 3.63) is 29.8 Å². The topological polar surface area (TPSA) is 32.7 Å². The molecule has 1 aliphatic rings. The number of aliphatic hydroxyl groups is 1. The van der Waals surface area contributed by atoms with E-state index in [9.17, 15) is 5.11 Å². The Morgan fingerprint density at radius 1 is 1.14 bits per heavy atom. The van der Waals surface area contributed by atoms with Crippen molar-refractivity contribution in [2.75, 3.05) is 26.2 Å². The van der Waals surface area contributed by atoms with Crippen LogP contribution in [0.1, 0.15) is 46.1 Å². The fourth-order valence-corrected chi connectivity index (χ4v) is 3.41. The van der Waals surface area contributed by atoms with Crippen molar-refractivity contribution < 1.29 is 9.84 Å². The fourth-order valence-electron chi connectivity index (χ4n) is 3.41. The second kappa shape index (κ2) is 7.47.